The number of fused-ring (bicyclic) bond motifs is 7. The first-order valence-corrected chi connectivity index (χ1v) is 7.52. The number of rotatable bonds is 0. The fourth-order valence-electron chi connectivity index (χ4n) is 3.81. The molecule has 0 spiro atoms. The van der Waals surface area contributed by atoms with Crippen LogP contribution >= 0.6 is 69.6 Å². The molecule has 0 radical (unpaired) electrons. The summed E-state index contributed by atoms with van der Waals surface area (Å²) in [4.78, 5) is -2.21. The van der Waals surface area contributed by atoms with Crippen LogP contribution in [0.5, 0.6) is 0 Å². The van der Waals surface area contributed by atoms with Gasteiger partial charge in [-0.1, -0.05) is 46.4 Å². The van der Waals surface area contributed by atoms with Gasteiger partial charge in [-0.15, -0.1) is 23.2 Å². The van der Waals surface area contributed by atoms with Crippen molar-refractivity contribution in [1.82, 2.24) is 0 Å². The van der Waals surface area contributed by atoms with Gasteiger partial charge < -0.3 is 4.74 Å². The van der Waals surface area contributed by atoms with E-state index in [-0.39, 0.29) is 29.1 Å². The molecule has 1 heterocycles. The fraction of sp³-hybridized carbons (Fsp3) is 0.800. The summed E-state index contributed by atoms with van der Waals surface area (Å²) in [5, 5.41) is 0.571. The second-order valence-electron chi connectivity index (χ2n) is 5.13. The maximum Gasteiger partial charge on any atom is 0.166 e. The van der Waals surface area contributed by atoms with Gasteiger partial charge in [0, 0.05) is 5.92 Å². The highest BCUT2D eigenvalue weighted by molar-refractivity contribution is 6.65. The molecule has 0 aromatic carbocycles. The molecule has 0 N–H and O–H groups in total. The highest BCUT2D eigenvalue weighted by atomic mass is 35.5. The number of epoxide rings is 1. The van der Waals surface area contributed by atoms with Gasteiger partial charge in [-0.05, 0) is 12.3 Å². The molecular weight excluding hydrogens is 349 g/mol. The second kappa shape index (κ2) is 3.03. The van der Waals surface area contributed by atoms with Gasteiger partial charge in [0.15, 0.2) is 4.33 Å². The lowest BCUT2D eigenvalue weighted by Gasteiger charge is -2.33. The average Bonchev–Trinajstić information content (AvgIpc) is 2.88. The van der Waals surface area contributed by atoms with E-state index in [0.717, 1.165) is 6.42 Å². The summed E-state index contributed by atoms with van der Waals surface area (Å²) in [6, 6.07) is 0. The largest absolute Gasteiger partial charge is 0.369 e. The van der Waals surface area contributed by atoms with E-state index in [1.165, 1.54) is 0 Å². The fourth-order valence-corrected chi connectivity index (χ4v) is 6.90. The Bertz CT molecular complexity index is 475. The van der Waals surface area contributed by atoms with Gasteiger partial charge in [-0.2, -0.15) is 0 Å². The molecule has 1 saturated heterocycles. The van der Waals surface area contributed by atoms with Crippen molar-refractivity contribution in [1.29, 1.82) is 0 Å². The molecule has 6 atom stereocenters. The zero-order valence-corrected chi connectivity index (χ0v) is 12.7. The van der Waals surface area contributed by atoms with E-state index in [1.807, 2.05) is 0 Å². The van der Waals surface area contributed by atoms with Gasteiger partial charge >= 0.3 is 0 Å². The Morgan fingerprint density at radius 2 is 1.59 bits per heavy atom. The molecule has 7 heteroatoms. The summed E-state index contributed by atoms with van der Waals surface area (Å²) >= 11 is 38.6. The summed E-state index contributed by atoms with van der Waals surface area (Å²) in [6.07, 6.45) is 1.06. The van der Waals surface area contributed by atoms with E-state index in [0.29, 0.717) is 5.03 Å². The lowest BCUT2D eigenvalue weighted by atomic mass is 9.84. The van der Waals surface area contributed by atoms with Crippen LogP contribution in [0.15, 0.2) is 10.1 Å². The Labute approximate surface area is 128 Å². The van der Waals surface area contributed by atoms with Crippen LogP contribution in [0.1, 0.15) is 6.42 Å². The first-order valence-electron chi connectivity index (χ1n) is 5.25. The number of hydrogen-bond acceptors (Lipinski definition) is 1. The first kappa shape index (κ1) is 12.2. The van der Waals surface area contributed by atoms with Crippen LogP contribution in [0.4, 0.5) is 0 Å². The molecule has 3 aliphatic carbocycles. The van der Waals surface area contributed by atoms with Gasteiger partial charge in [0.25, 0.3) is 0 Å². The molecule has 0 aromatic heterocycles. The molecule has 0 aromatic rings. The highest BCUT2D eigenvalue weighted by Crippen LogP contribution is 2.80. The van der Waals surface area contributed by atoms with Gasteiger partial charge in [-0.25, -0.2) is 0 Å². The smallest absolute Gasteiger partial charge is 0.166 e. The lowest BCUT2D eigenvalue weighted by Crippen LogP contribution is -2.45. The zero-order chi connectivity index (χ0) is 12.4. The van der Waals surface area contributed by atoms with Gasteiger partial charge in [-0.3, -0.25) is 0 Å². The SMILES string of the molecule is ClC1=C(Cl)[C@]2(Cl)[C@@H]3C[C@@H]4O[C@@H]4[C@@H]3[C@@]1(Cl)C2(Cl)Cl. The van der Waals surface area contributed by atoms with Crippen molar-refractivity contribution in [3.63, 3.8) is 0 Å². The minimum Gasteiger partial charge on any atom is -0.369 e. The van der Waals surface area contributed by atoms with Crippen LogP contribution in [0.3, 0.4) is 0 Å². The summed E-state index contributed by atoms with van der Waals surface area (Å²) in [5.41, 5.74) is 0. The molecule has 1 aliphatic heterocycles. The Balaban J connectivity index is 2.00. The molecule has 2 saturated carbocycles. The summed E-state index contributed by atoms with van der Waals surface area (Å²) in [5.74, 6) is -0.0351. The molecule has 0 unspecified atom stereocenters. The topological polar surface area (TPSA) is 12.5 Å². The van der Waals surface area contributed by atoms with Crippen LogP contribution in [-0.2, 0) is 4.74 Å². The average molecular weight is 355 g/mol. The second-order valence-corrected chi connectivity index (χ2v) is 8.41. The molecule has 0 amide bonds. The van der Waals surface area contributed by atoms with Crippen molar-refractivity contribution in [2.75, 3.05) is 0 Å². The molecule has 4 rings (SSSR count). The van der Waals surface area contributed by atoms with Gasteiger partial charge in [0.1, 0.15) is 9.75 Å². The molecule has 3 fully saturated rings. The minimum atomic E-state index is -1.40. The Morgan fingerprint density at radius 3 is 2.24 bits per heavy atom. The van der Waals surface area contributed by atoms with Gasteiger partial charge in [0.05, 0.1) is 22.3 Å². The van der Waals surface area contributed by atoms with E-state index in [1.54, 1.807) is 0 Å². The third kappa shape index (κ3) is 0.971. The third-order valence-electron chi connectivity index (χ3n) is 4.61. The lowest BCUT2D eigenvalue weighted by molar-refractivity contribution is 0.200. The molecule has 94 valence electrons. The third-order valence-corrected chi connectivity index (χ3v) is 8.93. The van der Waals surface area contributed by atoms with Crippen molar-refractivity contribution in [3.8, 4) is 0 Å². The van der Waals surface area contributed by atoms with Crippen molar-refractivity contribution in [2.45, 2.75) is 32.7 Å². The van der Waals surface area contributed by atoms with Crippen LogP contribution in [-0.4, -0.2) is 26.3 Å². The predicted molar refractivity (Wildman–Crippen MR) is 70.6 cm³/mol. The van der Waals surface area contributed by atoms with Gasteiger partial charge in [0.2, 0.25) is 0 Å². The molecule has 2 bridgehead atoms. The van der Waals surface area contributed by atoms with E-state index < -0.39 is 14.1 Å². The number of allylic oxidation sites excluding steroid dienone is 2. The van der Waals surface area contributed by atoms with E-state index >= 15 is 0 Å². The number of halogens is 6. The van der Waals surface area contributed by atoms with Crippen molar-refractivity contribution < 1.29 is 4.74 Å². The molecule has 4 aliphatic rings. The van der Waals surface area contributed by atoms with Crippen LogP contribution in [0.25, 0.3) is 0 Å². The summed E-state index contributed by atoms with van der Waals surface area (Å²) in [6.45, 7) is 0. The standard InChI is InChI=1S/C10H6Cl6O/c11-6-7(12)9(14)4-2(1-3-5(4)17-3)8(6,13)10(9,15)16/h2-5H,1H2/t2-,3+,4-,5+,8-,9+/m1/s1. The summed E-state index contributed by atoms with van der Waals surface area (Å²) in [7, 11) is 0. The predicted octanol–water partition coefficient (Wildman–Crippen LogP) is 4.24. The summed E-state index contributed by atoms with van der Waals surface area (Å²) < 4.78 is 4.12. The number of hydrogen-bond donors (Lipinski definition) is 0. The number of ether oxygens (including phenoxy) is 1. The Kier molecular flexibility index (Phi) is 2.17. The van der Waals surface area contributed by atoms with Crippen LogP contribution in [0, 0.1) is 11.8 Å². The Hall–Kier alpha value is 1.44. The number of alkyl halides is 4. The van der Waals surface area contributed by atoms with E-state index in [9.17, 15) is 0 Å². The van der Waals surface area contributed by atoms with E-state index in [2.05, 4.69) is 0 Å². The quantitative estimate of drug-likeness (QED) is 0.468. The molecular formula is C10H6Cl6O. The van der Waals surface area contributed by atoms with E-state index in [4.69, 9.17) is 74.3 Å². The monoisotopic (exact) mass is 352 g/mol. The molecule has 1 nitrogen and oxygen atoms in total. The minimum absolute atomic E-state index is 0.0235. The van der Waals surface area contributed by atoms with Crippen molar-refractivity contribution in [2.24, 2.45) is 11.8 Å². The van der Waals surface area contributed by atoms with Crippen LogP contribution in [0.2, 0.25) is 0 Å². The highest BCUT2D eigenvalue weighted by Gasteiger charge is 2.87. The normalized spacial score (nSPS) is 61.8. The van der Waals surface area contributed by atoms with Crippen molar-refractivity contribution >= 4 is 69.6 Å². The molecule has 17 heavy (non-hydrogen) atoms. The zero-order valence-electron chi connectivity index (χ0n) is 8.19. The Morgan fingerprint density at radius 1 is 1.00 bits per heavy atom. The first-order chi connectivity index (χ1) is 7.78. The maximum absolute atomic E-state index is 6.64. The van der Waals surface area contributed by atoms with Crippen LogP contribution < -0.4 is 0 Å². The van der Waals surface area contributed by atoms with Crippen molar-refractivity contribution in [3.05, 3.63) is 10.1 Å². The maximum atomic E-state index is 6.64.